The Morgan fingerprint density at radius 2 is 1.91 bits per heavy atom. The molecule has 3 rings (SSSR count). The SMILES string of the molecule is CCOC(=O)[C@@]1(C)NC(c2ccccc2)=N[C@H]1c1ccncc1. The molecule has 23 heavy (non-hydrogen) atoms. The third-order valence-electron chi connectivity index (χ3n) is 3.95. The van der Waals surface area contributed by atoms with Crippen LogP contribution >= 0.6 is 0 Å². The lowest BCUT2D eigenvalue weighted by atomic mass is 9.89. The highest BCUT2D eigenvalue weighted by atomic mass is 16.5. The van der Waals surface area contributed by atoms with E-state index in [2.05, 4.69) is 10.3 Å². The van der Waals surface area contributed by atoms with E-state index in [-0.39, 0.29) is 12.0 Å². The van der Waals surface area contributed by atoms with Crippen molar-refractivity contribution in [3.8, 4) is 0 Å². The Bertz CT molecular complexity index is 716. The van der Waals surface area contributed by atoms with E-state index in [1.54, 1.807) is 19.3 Å². The maximum absolute atomic E-state index is 12.6. The number of esters is 1. The minimum atomic E-state index is -0.942. The van der Waals surface area contributed by atoms with Gasteiger partial charge in [-0.1, -0.05) is 30.3 Å². The molecule has 0 bridgehead atoms. The van der Waals surface area contributed by atoms with Crippen LogP contribution in [0.4, 0.5) is 0 Å². The van der Waals surface area contributed by atoms with Crippen molar-refractivity contribution in [1.82, 2.24) is 10.3 Å². The summed E-state index contributed by atoms with van der Waals surface area (Å²) in [5, 5.41) is 3.27. The van der Waals surface area contributed by atoms with Crippen LogP contribution in [0.5, 0.6) is 0 Å². The Kier molecular flexibility index (Phi) is 4.10. The number of amidine groups is 1. The first-order valence-corrected chi connectivity index (χ1v) is 7.63. The normalized spacial score (nSPS) is 23.0. The van der Waals surface area contributed by atoms with Crippen molar-refractivity contribution in [3.63, 3.8) is 0 Å². The summed E-state index contributed by atoms with van der Waals surface area (Å²) >= 11 is 0. The van der Waals surface area contributed by atoms with Gasteiger partial charge in [0.15, 0.2) is 5.54 Å². The lowest BCUT2D eigenvalue weighted by Crippen LogP contribution is -2.52. The molecule has 0 saturated carbocycles. The number of ether oxygens (including phenoxy) is 1. The summed E-state index contributed by atoms with van der Waals surface area (Å²) in [6.45, 7) is 3.96. The van der Waals surface area contributed by atoms with Gasteiger partial charge in [0.2, 0.25) is 0 Å². The first kappa shape index (κ1) is 15.2. The van der Waals surface area contributed by atoms with Crippen LogP contribution in [0.2, 0.25) is 0 Å². The topological polar surface area (TPSA) is 63.6 Å². The van der Waals surface area contributed by atoms with Crippen molar-refractivity contribution in [1.29, 1.82) is 0 Å². The number of nitrogens with one attached hydrogen (secondary N) is 1. The molecule has 118 valence electrons. The van der Waals surface area contributed by atoms with E-state index in [0.717, 1.165) is 11.1 Å². The zero-order chi connectivity index (χ0) is 16.3. The quantitative estimate of drug-likeness (QED) is 0.881. The van der Waals surface area contributed by atoms with E-state index in [4.69, 9.17) is 9.73 Å². The van der Waals surface area contributed by atoms with Crippen LogP contribution in [0.25, 0.3) is 0 Å². The van der Waals surface area contributed by atoms with Crippen molar-refractivity contribution in [3.05, 3.63) is 66.0 Å². The number of pyridine rings is 1. The lowest BCUT2D eigenvalue weighted by Gasteiger charge is -2.28. The first-order chi connectivity index (χ1) is 11.1. The summed E-state index contributed by atoms with van der Waals surface area (Å²) in [5.74, 6) is 0.388. The van der Waals surface area contributed by atoms with Crippen LogP contribution in [0.3, 0.4) is 0 Å². The average molecular weight is 309 g/mol. The molecular formula is C18H19N3O2. The van der Waals surface area contributed by atoms with Crippen molar-refractivity contribution in [2.24, 2.45) is 4.99 Å². The number of aliphatic imine (C=N–C) groups is 1. The predicted molar refractivity (Wildman–Crippen MR) is 88.1 cm³/mol. The molecule has 0 fully saturated rings. The molecule has 2 heterocycles. The molecule has 1 aliphatic heterocycles. The zero-order valence-electron chi connectivity index (χ0n) is 13.2. The minimum Gasteiger partial charge on any atom is -0.464 e. The van der Waals surface area contributed by atoms with Crippen molar-refractivity contribution < 1.29 is 9.53 Å². The monoisotopic (exact) mass is 309 g/mol. The highest BCUT2D eigenvalue weighted by Crippen LogP contribution is 2.35. The van der Waals surface area contributed by atoms with Gasteiger partial charge in [-0.25, -0.2) is 4.79 Å². The van der Waals surface area contributed by atoms with Gasteiger partial charge in [0, 0.05) is 18.0 Å². The molecule has 1 aromatic heterocycles. The Balaban J connectivity index is 2.02. The first-order valence-electron chi connectivity index (χ1n) is 7.63. The van der Waals surface area contributed by atoms with Crippen LogP contribution in [-0.2, 0) is 9.53 Å². The van der Waals surface area contributed by atoms with Gasteiger partial charge in [0.25, 0.3) is 0 Å². The van der Waals surface area contributed by atoms with E-state index in [1.165, 1.54) is 0 Å². The molecule has 2 atom stereocenters. The van der Waals surface area contributed by atoms with Gasteiger partial charge in [-0.2, -0.15) is 0 Å². The standard InChI is InChI=1S/C18H19N3O2/c1-3-23-17(22)18(2)15(13-9-11-19-12-10-13)20-16(21-18)14-7-5-4-6-8-14/h4-12,15H,3H2,1-2H3,(H,20,21)/t15-,18-/m0/s1. The molecular weight excluding hydrogens is 290 g/mol. The molecule has 0 amide bonds. The molecule has 1 aliphatic rings. The van der Waals surface area contributed by atoms with Gasteiger partial charge in [0.1, 0.15) is 11.9 Å². The maximum Gasteiger partial charge on any atom is 0.334 e. The van der Waals surface area contributed by atoms with E-state index in [1.807, 2.05) is 49.4 Å². The molecule has 1 aromatic carbocycles. The Morgan fingerprint density at radius 3 is 2.57 bits per heavy atom. The van der Waals surface area contributed by atoms with Gasteiger partial charge in [-0.3, -0.25) is 9.98 Å². The second-order valence-electron chi connectivity index (χ2n) is 5.57. The highest BCUT2D eigenvalue weighted by Gasteiger charge is 2.48. The van der Waals surface area contributed by atoms with Crippen LogP contribution in [0.15, 0.2) is 59.9 Å². The third-order valence-corrected chi connectivity index (χ3v) is 3.95. The number of aromatic nitrogens is 1. The zero-order valence-corrected chi connectivity index (χ0v) is 13.2. The van der Waals surface area contributed by atoms with Crippen LogP contribution < -0.4 is 5.32 Å². The van der Waals surface area contributed by atoms with E-state index >= 15 is 0 Å². The van der Waals surface area contributed by atoms with Crippen molar-refractivity contribution in [2.75, 3.05) is 6.61 Å². The van der Waals surface area contributed by atoms with E-state index < -0.39 is 5.54 Å². The smallest absolute Gasteiger partial charge is 0.334 e. The molecule has 0 aliphatic carbocycles. The number of carbonyl (C=O) groups excluding carboxylic acids is 1. The average Bonchev–Trinajstić information content (AvgIpc) is 2.96. The molecule has 5 nitrogen and oxygen atoms in total. The molecule has 0 spiro atoms. The second kappa shape index (κ2) is 6.20. The van der Waals surface area contributed by atoms with Crippen LogP contribution in [0.1, 0.15) is 31.0 Å². The predicted octanol–water partition coefficient (Wildman–Crippen LogP) is 2.49. The fraction of sp³-hybridized carbons (Fsp3) is 0.278. The number of hydrogen-bond acceptors (Lipinski definition) is 5. The summed E-state index contributed by atoms with van der Waals surface area (Å²) in [6, 6.07) is 13.2. The number of hydrogen-bond donors (Lipinski definition) is 1. The van der Waals surface area contributed by atoms with E-state index in [9.17, 15) is 4.79 Å². The molecule has 5 heteroatoms. The van der Waals surface area contributed by atoms with Crippen molar-refractivity contribution in [2.45, 2.75) is 25.4 Å². The summed E-state index contributed by atoms with van der Waals surface area (Å²) in [4.78, 5) is 21.4. The Morgan fingerprint density at radius 1 is 1.22 bits per heavy atom. The van der Waals surface area contributed by atoms with Gasteiger partial charge >= 0.3 is 5.97 Å². The number of nitrogens with zero attached hydrogens (tertiary/aromatic N) is 2. The maximum atomic E-state index is 12.6. The van der Waals surface area contributed by atoms with Crippen molar-refractivity contribution >= 4 is 11.8 Å². The van der Waals surface area contributed by atoms with Gasteiger partial charge in [-0.05, 0) is 31.5 Å². The third kappa shape index (κ3) is 2.82. The summed E-state index contributed by atoms with van der Waals surface area (Å²) < 4.78 is 5.27. The minimum absolute atomic E-state index is 0.309. The summed E-state index contributed by atoms with van der Waals surface area (Å²) in [6.07, 6.45) is 3.41. The fourth-order valence-corrected chi connectivity index (χ4v) is 2.74. The molecule has 0 radical (unpaired) electrons. The molecule has 1 N–H and O–H groups in total. The Hall–Kier alpha value is -2.69. The van der Waals surface area contributed by atoms with Gasteiger partial charge in [0.05, 0.1) is 6.61 Å². The second-order valence-corrected chi connectivity index (χ2v) is 5.57. The summed E-state index contributed by atoms with van der Waals surface area (Å²) in [7, 11) is 0. The number of rotatable bonds is 4. The highest BCUT2D eigenvalue weighted by molar-refractivity contribution is 6.04. The van der Waals surface area contributed by atoms with Gasteiger partial charge in [-0.15, -0.1) is 0 Å². The fourth-order valence-electron chi connectivity index (χ4n) is 2.74. The Labute approximate surface area is 135 Å². The largest absolute Gasteiger partial charge is 0.464 e. The van der Waals surface area contributed by atoms with Crippen LogP contribution in [0, 0.1) is 0 Å². The van der Waals surface area contributed by atoms with Crippen LogP contribution in [-0.4, -0.2) is 28.9 Å². The molecule has 2 aromatic rings. The molecule has 0 saturated heterocycles. The van der Waals surface area contributed by atoms with Gasteiger partial charge < -0.3 is 10.1 Å². The number of carbonyl (C=O) groups is 1. The molecule has 0 unspecified atom stereocenters. The van der Waals surface area contributed by atoms with E-state index in [0.29, 0.717) is 12.4 Å². The lowest BCUT2D eigenvalue weighted by molar-refractivity contribution is -0.150. The summed E-state index contributed by atoms with van der Waals surface area (Å²) in [5.41, 5.74) is 0.927. The number of benzene rings is 1.